The average molecular weight is 544 g/mol. The molecule has 0 aromatic rings. The number of amides is 5. The Kier molecular flexibility index (Phi) is 8.34. The van der Waals surface area contributed by atoms with Crippen LogP contribution in [0.15, 0.2) is 0 Å². The van der Waals surface area contributed by atoms with E-state index in [1.807, 2.05) is 0 Å². The Hall–Kier alpha value is -2.07. The Bertz CT molecular complexity index is 903. The average Bonchev–Trinajstić information content (AvgIpc) is 3.18. The monoisotopic (exact) mass is 543 g/mol. The van der Waals surface area contributed by atoms with E-state index in [2.05, 4.69) is 16.0 Å². The molecule has 0 unspecified atom stereocenters. The zero-order valence-electron chi connectivity index (χ0n) is 20.3. The van der Waals surface area contributed by atoms with Crippen LogP contribution in [0.3, 0.4) is 0 Å². The van der Waals surface area contributed by atoms with Crippen molar-refractivity contribution in [2.24, 2.45) is 23.5 Å². The summed E-state index contributed by atoms with van der Waals surface area (Å²) in [6, 6.07) is -2.07. The van der Waals surface area contributed by atoms with Crippen molar-refractivity contribution in [1.29, 1.82) is 0 Å². The maximum absolute atomic E-state index is 13.9. The van der Waals surface area contributed by atoms with Crippen molar-refractivity contribution >= 4 is 52.7 Å². The topological polar surface area (TPSA) is 151 Å². The van der Waals surface area contributed by atoms with Gasteiger partial charge in [0, 0.05) is 24.4 Å². The number of nitrogens with zero attached hydrogens (tertiary/aromatic N) is 1. The Morgan fingerprint density at radius 1 is 0.944 bits per heavy atom. The molecular formula is C24H35Cl2N5O5. The molecule has 200 valence electrons. The minimum Gasteiger partial charge on any atom is -0.363 e. The van der Waals surface area contributed by atoms with Gasteiger partial charge in [-0.05, 0) is 31.6 Å². The van der Waals surface area contributed by atoms with E-state index >= 15 is 0 Å². The Balaban J connectivity index is 1.48. The molecule has 4 rings (SSSR count). The maximum Gasteiger partial charge on any atom is 0.315 e. The van der Waals surface area contributed by atoms with Gasteiger partial charge in [0.2, 0.25) is 17.6 Å². The number of nitrogens with one attached hydrogen (secondary N) is 3. The smallest absolute Gasteiger partial charge is 0.315 e. The van der Waals surface area contributed by atoms with Gasteiger partial charge in [-0.15, -0.1) is 23.2 Å². The number of carbonyl (C=O) groups is 5. The Morgan fingerprint density at radius 3 is 2.17 bits per heavy atom. The summed E-state index contributed by atoms with van der Waals surface area (Å²) in [5, 5.41) is 8.35. The molecule has 0 aromatic carbocycles. The fraction of sp³-hybridized carbons (Fsp3) is 0.792. The first kappa shape index (κ1) is 27.0. The number of fused-ring (bicyclic) bond motifs is 1. The summed E-state index contributed by atoms with van der Waals surface area (Å²) < 4.78 is -1.15. The van der Waals surface area contributed by atoms with Crippen molar-refractivity contribution in [3.8, 4) is 0 Å². The highest BCUT2D eigenvalue weighted by molar-refractivity contribution is 6.51. The lowest BCUT2D eigenvalue weighted by atomic mass is 9.83. The zero-order valence-corrected chi connectivity index (χ0v) is 21.8. The summed E-state index contributed by atoms with van der Waals surface area (Å²) in [6.45, 7) is -0.400. The molecule has 0 aromatic heterocycles. The third-order valence-electron chi connectivity index (χ3n) is 8.20. The minimum atomic E-state index is -1.16. The van der Waals surface area contributed by atoms with Crippen molar-refractivity contribution in [2.45, 2.75) is 86.7 Å². The predicted octanol–water partition coefficient (Wildman–Crippen LogP) is 1.37. The molecular weight excluding hydrogens is 509 g/mol. The van der Waals surface area contributed by atoms with E-state index in [4.69, 9.17) is 28.9 Å². The van der Waals surface area contributed by atoms with Gasteiger partial charge in [-0.25, -0.2) is 4.79 Å². The number of hydrogen-bond acceptors (Lipinski definition) is 5. The van der Waals surface area contributed by atoms with Gasteiger partial charge in [-0.2, -0.15) is 0 Å². The number of nitrogens with two attached hydrogens (primary N) is 1. The summed E-state index contributed by atoms with van der Waals surface area (Å²) in [4.78, 5) is 64.0. The third kappa shape index (κ3) is 5.74. The van der Waals surface area contributed by atoms with Crippen LogP contribution < -0.4 is 21.7 Å². The molecule has 3 saturated carbocycles. The van der Waals surface area contributed by atoms with Crippen LogP contribution in [0.2, 0.25) is 0 Å². The van der Waals surface area contributed by atoms with Crippen LogP contribution in [0.4, 0.5) is 4.79 Å². The van der Waals surface area contributed by atoms with Crippen molar-refractivity contribution in [3.05, 3.63) is 0 Å². The lowest BCUT2D eigenvalue weighted by Crippen LogP contribution is -2.60. The number of likely N-dealkylation sites (tertiary alicyclic amines) is 1. The summed E-state index contributed by atoms with van der Waals surface area (Å²) in [6.07, 6.45) is 9.78. The Labute approximate surface area is 220 Å². The number of rotatable bonds is 8. The molecule has 0 spiro atoms. The van der Waals surface area contributed by atoms with Crippen LogP contribution in [0.5, 0.6) is 0 Å². The van der Waals surface area contributed by atoms with E-state index < -0.39 is 46.5 Å². The summed E-state index contributed by atoms with van der Waals surface area (Å²) in [5.74, 6) is -3.92. The number of alkyl halides is 2. The second-order valence-corrected chi connectivity index (χ2v) is 12.0. The maximum atomic E-state index is 13.9. The molecule has 0 bridgehead atoms. The molecule has 4 atom stereocenters. The van der Waals surface area contributed by atoms with Gasteiger partial charge in [-0.1, -0.05) is 38.5 Å². The summed E-state index contributed by atoms with van der Waals surface area (Å²) in [7, 11) is 0. The molecule has 4 aliphatic rings. The molecule has 1 heterocycles. The highest BCUT2D eigenvalue weighted by atomic mass is 35.5. The molecule has 1 aliphatic heterocycles. The van der Waals surface area contributed by atoms with Crippen molar-refractivity contribution in [2.75, 3.05) is 13.1 Å². The minimum absolute atomic E-state index is 0.0443. The van der Waals surface area contributed by atoms with Crippen molar-refractivity contribution in [1.82, 2.24) is 20.9 Å². The van der Waals surface area contributed by atoms with Gasteiger partial charge in [-0.3, -0.25) is 19.2 Å². The van der Waals surface area contributed by atoms with Crippen LogP contribution >= 0.6 is 23.2 Å². The molecule has 3 aliphatic carbocycles. The molecule has 5 amide bonds. The fourth-order valence-electron chi connectivity index (χ4n) is 6.13. The number of halogens is 2. The number of piperidine rings is 1. The number of ketones is 1. The van der Waals surface area contributed by atoms with Gasteiger partial charge >= 0.3 is 6.03 Å². The van der Waals surface area contributed by atoms with Crippen molar-refractivity contribution in [3.63, 3.8) is 0 Å². The van der Waals surface area contributed by atoms with Gasteiger partial charge in [0.25, 0.3) is 5.91 Å². The first-order valence-corrected chi connectivity index (χ1v) is 13.7. The normalized spacial score (nSPS) is 28.5. The third-order valence-corrected chi connectivity index (χ3v) is 9.26. The zero-order chi connectivity index (χ0) is 26.0. The first-order chi connectivity index (χ1) is 17.1. The lowest BCUT2D eigenvalue weighted by Gasteiger charge is -2.36. The van der Waals surface area contributed by atoms with E-state index in [0.29, 0.717) is 0 Å². The van der Waals surface area contributed by atoms with Gasteiger partial charge in [0.1, 0.15) is 16.4 Å². The van der Waals surface area contributed by atoms with Crippen LogP contribution in [0, 0.1) is 17.8 Å². The summed E-state index contributed by atoms with van der Waals surface area (Å²) in [5.41, 5.74) is 4.97. The second kappa shape index (κ2) is 11.1. The van der Waals surface area contributed by atoms with E-state index in [1.165, 1.54) is 4.90 Å². The van der Waals surface area contributed by atoms with E-state index in [0.717, 1.165) is 64.2 Å². The first-order valence-electron chi connectivity index (χ1n) is 13.0. The van der Waals surface area contributed by atoms with Crippen LogP contribution in [0.1, 0.15) is 64.2 Å². The number of Topliss-reactive ketones (excluding diaryl/α,β-unsaturated/α-hetero) is 1. The SMILES string of the molecule is NC(=O)C(=O)CNC(=O)[C@@H]1[C@@H]2[C@H](CN1C(=O)[C@@H](NC(=O)NC1CCCCC1)C1CCCCC1)C2(Cl)Cl. The van der Waals surface area contributed by atoms with Gasteiger partial charge in [0.05, 0.1) is 6.54 Å². The fourth-order valence-corrected chi connectivity index (χ4v) is 6.96. The molecule has 4 fully saturated rings. The van der Waals surface area contributed by atoms with E-state index in [9.17, 15) is 24.0 Å². The van der Waals surface area contributed by atoms with Crippen LogP contribution in [0.25, 0.3) is 0 Å². The van der Waals surface area contributed by atoms with Gasteiger partial charge in [0.15, 0.2) is 0 Å². The van der Waals surface area contributed by atoms with E-state index in [1.54, 1.807) is 0 Å². The standard InChI is InChI=1S/C24H35Cl2N5O5/c25-24(26)15-12-31(19(17(15)24)21(34)28-11-16(32)20(27)33)22(35)18(13-7-3-1-4-8-13)30-23(36)29-14-9-5-2-6-10-14/h13-15,17-19H,1-12H2,(H2,27,33)(H,28,34)(H2,29,30,36)/t15-,17-,18-,19-/m0/s1. The van der Waals surface area contributed by atoms with Crippen LogP contribution in [-0.4, -0.2) is 70.0 Å². The van der Waals surface area contributed by atoms with Crippen molar-refractivity contribution < 1.29 is 24.0 Å². The molecule has 36 heavy (non-hydrogen) atoms. The quantitative estimate of drug-likeness (QED) is 0.269. The number of primary amides is 1. The summed E-state index contributed by atoms with van der Waals surface area (Å²) >= 11 is 12.8. The molecule has 5 N–H and O–H groups in total. The molecule has 1 saturated heterocycles. The lowest BCUT2D eigenvalue weighted by molar-refractivity contribution is -0.143. The largest absolute Gasteiger partial charge is 0.363 e. The van der Waals surface area contributed by atoms with Crippen LogP contribution in [-0.2, 0) is 19.2 Å². The van der Waals surface area contributed by atoms with Gasteiger partial charge < -0.3 is 26.6 Å². The molecule has 12 heteroatoms. The number of carbonyl (C=O) groups excluding carboxylic acids is 5. The van der Waals surface area contributed by atoms with E-state index in [-0.39, 0.29) is 36.4 Å². The number of urea groups is 1. The number of hydrogen-bond donors (Lipinski definition) is 4. The highest BCUT2D eigenvalue weighted by Crippen LogP contribution is 2.65. The predicted molar refractivity (Wildman–Crippen MR) is 133 cm³/mol. The highest BCUT2D eigenvalue weighted by Gasteiger charge is 2.74. The second-order valence-electron chi connectivity index (χ2n) is 10.6. The molecule has 0 radical (unpaired) electrons. The molecule has 10 nitrogen and oxygen atoms in total. The Morgan fingerprint density at radius 2 is 1.56 bits per heavy atom.